The Labute approximate surface area is 94.2 Å². The number of amides is 1. The maximum atomic E-state index is 13.6. The van der Waals surface area contributed by atoms with E-state index in [1.807, 2.05) is 0 Å². The Kier molecular flexibility index (Phi) is 4.25. The Balaban J connectivity index is 3.01. The molecule has 0 heterocycles. The highest BCUT2D eigenvalue weighted by molar-refractivity contribution is 5.79. The molecule has 0 fully saturated rings. The van der Waals surface area contributed by atoms with Gasteiger partial charge >= 0.3 is 0 Å². The van der Waals surface area contributed by atoms with Crippen molar-refractivity contribution in [3.8, 4) is 0 Å². The number of carbonyl (C=O) groups is 1. The van der Waals surface area contributed by atoms with Gasteiger partial charge in [0.15, 0.2) is 0 Å². The van der Waals surface area contributed by atoms with Crippen LogP contribution in [0, 0.1) is 5.82 Å². The van der Waals surface area contributed by atoms with Crippen LogP contribution in [0.5, 0.6) is 0 Å². The average Bonchev–Trinajstić information content (AvgIpc) is 2.20. The van der Waals surface area contributed by atoms with Gasteiger partial charge in [0.25, 0.3) is 0 Å². The summed E-state index contributed by atoms with van der Waals surface area (Å²) in [4.78, 5) is 12.4. The molecular weight excluding hydrogens is 209 g/mol. The molecule has 16 heavy (non-hydrogen) atoms. The zero-order valence-electron chi connectivity index (χ0n) is 9.46. The van der Waals surface area contributed by atoms with Crippen molar-refractivity contribution in [2.45, 2.75) is 6.54 Å². The average molecular weight is 225 g/mol. The van der Waals surface area contributed by atoms with E-state index in [1.165, 1.54) is 6.07 Å². The Bertz CT molecular complexity index is 381. The fourth-order valence-corrected chi connectivity index (χ4v) is 1.58. The molecule has 1 rings (SSSR count). The third kappa shape index (κ3) is 2.93. The Morgan fingerprint density at radius 2 is 2.25 bits per heavy atom. The van der Waals surface area contributed by atoms with Gasteiger partial charge in [0, 0.05) is 24.8 Å². The van der Waals surface area contributed by atoms with Crippen LogP contribution in [0.25, 0.3) is 0 Å². The van der Waals surface area contributed by atoms with E-state index in [1.54, 1.807) is 31.1 Å². The van der Waals surface area contributed by atoms with E-state index in [0.717, 1.165) is 0 Å². The fraction of sp³-hybridized carbons (Fsp3) is 0.364. The summed E-state index contributed by atoms with van der Waals surface area (Å²) in [5.41, 5.74) is 6.31. The third-order valence-electron chi connectivity index (χ3n) is 2.25. The predicted octanol–water partition coefficient (Wildman–Crippen LogP) is 0.467. The number of rotatable bonds is 5. The molecule has 1 amide bonds. The van der Waals surface area contributed by atoms with Crippen LogP contribution in [-0.2, 0) is 11.3 Å². The van der Waals surface area contributed by atoms with E-state index >= 15 is 0 Å². The van der Waals surface area contributed by atoms with Crippen molar-refractivity contribution >= 4 is 11.6 Å². The van der Waals surface area contributed by atoms with E-state index in [-0.39, 0.29) is 12.4 Å². The fourth-order valence-electron chi connectivity index (χ4n) is 1.58. The van der Waals surface area contributed by atoms with Gasteiger partial charge in [-0.05, 0) is 19.2 Å². The molecule has 0 aliphatic rings. The number of hydrogen-bond acceptors (Lipinski definition) is 3. The molecule has 0 aliphatic carbocycles. The van der Waals surface area contributed by atoms with Crippen LogP contribution in [-0.4, -0.2) is 26.5 Å². The molecule has 0 unspecified atom stereocenters. The van der Waals surface area contributed by atoms with Gasteiger partial charge < -0.3 is 16.0 Å². The summed E-state index contributed by atoms with van der Waals surface area (Å²) in [6.45, 7) is 0.477. The maximum absolute atomic E-state index is 13.6. The number of benzene rings is 1. The zero-order valence-corrected chi connectivity index (χ0v) is 9.46. The van der Waals surface area contributed by atoms with Gasteiger partial charge in [0.1, 0.15) is 5.82 Å². The number of nitrogens with one attached hydrogen (secondary N) is 1. The van der Waals surface area contributed by atoms with Gasteiger partial charge in [-0.1, -0.05) is 6.07 Å². The number of nitrogens with zero attached hydrogens (tertiary/aromatic N) is 1. The van der Waals surface area contributed by atoms with Gasteiger partial charge in [-0.2, -0.15) is 0 Å². The lowest BCUT2D eigenvalue weighted by Crippen LogP contribution is -2.31. The molecule has 1 aromatic carbocycles. The number of anilines is 1. The SMILES string of the molecule is CNCc1c(F)cccc1N(C)CC(N)=O. The maximum Gasteiger partial charge on any atom is 0.236 e. The summed E-state index contributed by atoms with van der Waals surface area (Å²) in [7, 11) is 3.45. The molecule has 0 saturated carbocycles. The second-order valence-electron chi connectivity index (χ2n) is 3.59. The zero-order chi connectivity index (χ0) is 12.1. The van der Waals surface area contributed by atoms with E-state index in [0.29, 0.717) is 17.8 Å². The lowest BCUT2D eigenvalue weighted by Gasteiger charge is -2.21. The Hall–Kier alpha value is -1.62. The quantitative estimate of drug-likeness (QED) is 0.765. The van der Waals surface area contributed by atoms with Crippen LogP contribution in [0.4, 0.5) is 10.1 Å². The lowest BCUT2D eigenvalue weighted by atomic mass is 10.1. The van der Waals surface area contributed by atoms with Crippen molar-refractivity contribution in [3.63, 3.8) is 0 Å². The molecule has 3 N–H and O–H groups in total. The van der Waals surface area contributed by atoms with Crippen LogP contribution in [0.2, 0.25) is 0 Å². The number of primary amides is 1. The third-order valence-corrected chi connectivity index (χ3v) is 2.25. The van der Waals surface area contributed by atoms with E-state index in [4.69, 9.17) is 5.73 Å². The summed E-state index contributed by atoms with van der Waals surface area (Å²) in [6.07, 6.45) is 0. The minimum absolute atomic E-state index is 0.0696. The summed E-state index contributed by atoms with van der Waals surface area (Å²) < 4.78 is 13.6. The predicted molar refractivity (Wildman–Crippen MR) is 61.6 cm³/mol. The van der Waals surface area contributed by atoms with Gasteiger partial charge in [0.2, 0.25) is 5.91 Å². The first-order valence-corrected chi connectivity index (χ1v) is 4.97. The van der Waals surface area contributed by atoms with E-state index in [2.05, 4.69) is 5.32 Å². The molecule has 0 aliphatic heterocycles. The first kappa shape index (κ1) is 12.4. The Morgan fingerprint density at radius 1 is 1.56 bits per heavy atom. The Morgan fingerprint density at radius 3 is 2.81 bits per heavy atom. The molecule has 0 saturated heterocycles. The molecule has 0 radical (unpaired) electrons. The van der Waals surface area contributed by atoms with Gasteiger partial charge in [-0.3, -0.25) is 4.79 Å². The lowest BCUT2D eigenvalue weighted by molar-refractivity contribution is -0.116. The first-order chi connectivity index (χ1) is 7.56. The highest BCUT2D eigenvalue weighted by Gasteiger charge is 2.12. The molecular formula is C11H16FN3O. The molecule has 0 aromatic heterocycles. The topological polar surface area (TPSA) is 58.4 Å². The number of nitrogens with two attached hydrogens (primary N) is 1. The molecule has 4 nitrogen and oxygen atoms in total. The smallest absolute Gasteiger partial charge is 0.236 e. The first-order valence-electron chi connectivity index (χ1n) is 4.97. The molecule has 0 atom stereocenters. The molecule has 0 spiro atoms. The highest BCUT2D eigenvalue weighted by atomic mass is 19.1. The molecule has 5 heteroatoms. The van der Waals surface area contributed by atoms with Crippen molar-refractivity contribution in [2.24, 2.45) is 5.73 Å². The number of halogens is 1. The van der Waals surface area contributed by atoms with Crippen molar-refractivity contribution in [2.75, 3.05) is 25.5 Å². The standard InChI is InChI=1S/C11H16FN3O/c1-14-6-8-9(12)4-3-5-10(8)15(2)7-11(13)16/h3-5,14H,6-7H2,1-2H3,(H2,13,16). The molecule has 0 bridgehead atoms. The van der Waals surface area contributed by atoms with Crippen LogP contribution in [0.15, 0.2) is 18.2 Å². The number of carbonyl (C=O) groups excluding carboxylic acids is 1. The minimum Gasteiger partial charge on any atom is -0.368 e. The summed E-state index contributed by atoms with van der Waals surface area (Å²) in [5.74, 6) is -0.731. The van der Waals surface area contributed by atoms with Crippen molar-refractivity contribution in [3.05, 3.63) is 29.6 Å². The van der Waals surface area contributed by atoms with Gasteiger partial charge in [0.05, 0.1) is 6.54 Å². The summed E-state index contributed by atoms with van der Waals surface area (Å²) in [5, 5.41) is 2.89. The molecule has 1 aromatic rings. The van der Waals surface area contributed by atoms with Crippen molar-refractivity contribution in [1.29, 1.82) is 0 Å². The monoisotopic (exact) mass is 225 g/mol. The van der Waals surface area contributed by atoms with Gasteiger partial charge in [-0.15, -0.1) is 0 Å². The van der Waals surface area contributed by atoms with Gasteiger partial charge in [-0.25, -0.2) is 4.39 Å². The second kappa shape index (κ2) is 5.46. The summed E-state index contributed by atoms with van der Waals surface area (Å²) in [6, 6.07) is 4.77. The van der Waals surface area contributed by atoms with Crippen LogP contribution >= 0.6 is 0 Å². The van der Waals surface area contributed by atoms with Crippen LogP contribution < -0.4 is 16.0 Å². The van der Waals surface area contributed by atoms with Crippen LogP contribution in [0.1, 0.15) is 5.56 Å². The number of likely N-dealkylation sites (N-methyl/N-ethyl adjacent to an activating group) is 1. The van der Waals surface area contributed by atoms with E-state index < -0.39 is 5.91 Å². The van der Waals surface area contributed by atoms with Crippen molar-refractivity contribution < 1.29 is 9.18 Å². The second-order valence-corrected chi connectivity index (χ2v) is 3.59. The normalized spacial score (nSPS) is 10.2. The molecule has 88 valence electrons. The van der Waals surface area contributed by atoms with E-state index in [9.17, 15) is 9.18 Å². The summed E-state index contributed by atoms with van der Waals surface area (Å²) >= 11 is 0. The highest BCUT2D eigenvalue weighted by Crippen LogP contribution is 2.21. The van der Waals surface area contributed by atoms with Crippen molar-refractivity contribution in [1.82, 2.24) is 5.32 Å². The number of hydrogen-bond donors (Lipinski definition) is 2. The van der Waals surface area contributed by atoms with Crippen LogP contribution in [0.3, 0.4) is 0 Å². The largest absolute Gasteiger partial charge is 0.368 e. The minimum atomic E-state index is -0.442.